The molecule has 1 unspecified atom stereocenters. The number of anilines is 2. The zero-order valence-electron chi connectivity index (χ0n) is 12.6. The molecule has 1 aliphatic rings. The van der Waals surface area contributed by atoms with E-state index in [9.17, 15) is 10.1 Å². The zero-order chi connectivity index (χ0) is 15.5. The second kappa shape index (κ2) is 6.21. The lowest BCUT2D eigenvalue weighted by atomic mass is 9.95. The molecule has 0 spiro atoms. The van der Waals surface area contributed by atoms with Crippen LogP contribution in [0.3, 0.4) is 0 Å². The molecule has 1 aliphatic heterocycles. The lowest BCUT2D eigenvalue weighted by molar-refractivity contribution is -0.384. The van der Waals surface area contributed by atoms with Gasteiger partial charge in [0.15, 0.2) is 0 Å². The first-order valence-electron chi connectivity index (χ1n) is 7.04. The number of ether oxygens (including phenoxy) is 1. The maximum atomic E-state index is 11.2. The summed E-state index contributed by atoms with van der Waals surface area (Å²) in [6.07, 6.45) is 3.10. The van der Waals surface area contributed by atoms with E-state index in [1.807, 2.05) is 18.7 Å². The average Bonchev–Trinajstić information content (AvgIpc) is 2.47. The summed E-state index contributed by atoms with van der Waals surface area (Å²) in [5, 5.41) is 14.2. The van der Waals surface area contributed by atoms with Crippen molar-refractivity contribution in [2.75, 3.05) is 37.0 Å². The highest BCUT2D eigenvalue weighted by atomic mass is 16.6. The van der Waals surface area contributed by atoms with Gasteiger partial charge in [0.1, 0.15) is 6.20 Å². The van der Waals surface area contributed by atoms with Crippen LogP contribution in [0.5, 0.6) is 0 Å². The minimum atomic E-state index is -0.441. The van der Waals surface area contributed by atoms with Gasteiger partial charge in [-0.2, -0.15) is 4.98 Å². The van der Waals surface area contributed by atoms with Crippen LogP contribution in [-0.4, -0.2) is 47.2 Å². The third kappa shape index (κ3) is 3.38. The molecule has 1 aromatic rings. The van der Waals surface area contributed by atoms with Crippen molar-refractivity contribution >= 4 is 17.5 Å². The maximum Gasteiger partial charge on any atom is 0.329 e. The molecule has 1 fully saturated rings. The lowest BCUT2D eigenvalue weighted by Gasteiger charge is -2.39. The molecule has 0 aliphatic carbocycles. The summed E-state index contributed by atoms with van der Waals surface area (Å²) in [4.78, 5) is 21.0. The largest absolute Gasteiger partial charge is 0.377 e. The van der Waals surface area contributed by atoms with Crippen molar-refractivity contribution in [3.05, 3.63) is 16.3 Å². The van der Waals surface area contributed by atoms with Gasteiger partial charge in [-0.05, 0) is 26.7 Å². The Morgan fingerprint density at radius 3 is 3.00 bits per heavy atom. The van der Waals surface area contributed by atoms with E-state index in [2.05, 4.69) is 15.3 Å². The molecule has 0 bridgehead atoms. The molecule has 1 saturated heterocycles. The standard InChI is InChI=1S/C13H21N5O3/c1-4-14-12-15-8-10(18(19)20)11(16-12)17-7-5-6-13(2,9-17)21-3/h8H,4-7,9H2,1-3H3,(H,14,15,16). The molecule has 2 rings (SSSR count). The summed E-state index contributed by atoms with van der Waals surface area (Å²) in [5.74, 6) is 0.761. The van der Waals surface area contributed by atoms with Gasteiger partial charge in [0, 0.05) is 26.7 Å². The van der Waals surface area contributed by atoms with Gasteiger partial charge in [-0.25, -0.2) is 4.98 Å². The van der Waals surface area contributed by atoms with E-state index in [0.717, 1.165) is 19.4 Å². The van der Waals surface area contributed by atoms with Crippen LogP contribution < -0.4 is 10.2 Å². The minimum Gasteiger partial charge on any atom is -0.377 e. The number of hydrogen-bond donors (Lipinski definition) is 1. The average molecular weight is 295 g/mol. The number of nitro groups is 1. The summed E-state index contributed by atoms with van der Waals surface area (Å²) in [7, 11) is 1.67. The molecular weight excluding hydrogens is 274 g/mol. The Morgan fingerprint density at radius 1 is 1.62 bits per heavy atom. The smallest absolute Gasteiger partial charge is 0.329 e. The lowest BCUT2D eigenvalue weighted by Crippen LogP contribution is -2.48. The van der Waals surface area contributed by atoms with Gasteiger partial charge in [0.25, 0.3) is 0 Å². The van der Waals surface area contributed by atoms with Crippen molar-refractivity contribution in [3.8, 4) is 0 Å². The topological polar surface area (TPSA) is 93.4 Å². The molecule has 8 heteroatoms. The Labute approximate surface area is 123 Å². The van der Waals surface area contributed by atoms with Crippen LogP contribution in [0.1, 0.15) is 26.7 Å². The number of methoxy groups -OCH3 is 1. The third-order valence-corrected chi connectivity index (χ3v) is 3.73. The zero-order valence-corrected chi connectivity index (χ0v) is 12.6. The molecular formula is C13H21N5O3. The number of piperidine rings is 1. The molecule has 21 heavy (non-hydrogen) atoms. The highest BCUT2D eigenvalue weighted by Gasteiger charge is 2.34. The minimum absolute atomic E-state index is 0.0722. The Balaban J connectivity index is 2.35. The first kappa shape index (κ1) is 15.4. The van der Waals surface area contributed by atoms with E-state index in [1.54, 1.807) is 7.11 Å². The van der Waals surface area contributed by atoms with Gasteiger partial charge < -0.3 is 15.0 Å². The molecule has 8 nitrogen and oxygen atoms in total. The van der Waals surface area contributed by atoms with Crippen LogP contribution in [0.2, 0.25) is 0 Å². The van der Waals surface area contributed by atoms with Crippen LogP contribution in [0, 0.1) is 10.1 Å². The quantitative estimate of drug-likeness (QED) is 0.654. The molecule has 0 radical (unpaired) electrons. The van der Waals surface area contributed by atoms with E-state index >= 15 is 0 Å². The summed E-state index contributed by atoms with van der Waals surface area (Å²) in [5.41, 5.74) is -0.382. The fourth-order valence-corrected chi connectivity index (χ4v) is 2.52. The fraction of sp³-hybridized carbons (Fsp3) is 0.692. The summed E-state index contributed by atoms with van der Waals surface area (Å²) in [6.45, 7) is 5.90. The molecule has 0 aromatic carbocycles. The van der Waals surface area contributed by atoms with Gasteiger partial charge in [0.05, 0.1) is 10.5 Å². The predicted octanol–water partition coefficient (Wildman–Crippen LogP) is 1.82. The molecule has 0 saturated carbocycles. The monoisotopic (exact) mass is 295 g/mol. The fourth-order valence-electron chi connectivity index (χ4n) is 2.52. The predicted molar refractivity (Wildman–Crippen MR) is 79.7 cm³/mol. The highest BCUT2D eigenvalue weighted by Crippen LogP contribution is 2.32. The van der Waals surface area contributed by atoms with Crippen LogP contribution in [0.4, 0.5) is 17.5 Å². The van der Waals surface area contributed by atoms with E-state index in [0.29, 0.717) is 24.9 Å². The SMILES string of the molecule is CCNc1ncc([N+](=O)[O-])c(N2CCCC(C)(OC)C2)n1. The third-order valence-electron chi connectivity index (χ3n) is 3.73. The maximum absolute atomic E-state index is 11.2. The van der Waals surface area contributed by atoms with E-state index in [-0.39, 0.29) is 11.3 Å². The molecule has 1 N–H and O–H groups in total. The Kier molecular flexibility index (Phi) is 4.56. The number of hydrogen-bond acceptors (Lipinski definition) is 7. The Bertz CT molecular complexity index is 525. The van der Waals surface area contributed by atoms with Crippen LogP contribution in [0.15, 0.2) is 6.20 Å². The number of rotatable bonds is 5. The van der Waals surface area contributed by atoms with Crippen LogP contribution in [0.25, 0.3) is 0 Å². The first-order valence-corrected chi connectivity index (χ1v) is 7.04. The van der Waals surface area contributed by atoms with Crippen molar-refractivity contribution in [2.24, 2.45) is 0 Å². The Morgan fingerprint density at radius 2 is 2.38 bits per heavy atom. The highest BCUT2D eigenvalue weighted by molar-refractivity contribution is 5.59. The summed E-state index contributed by atoms with van der Waals surface area (Å²) < 4.78 is 5.54. The molecule has 1 aromatic heterocycles. The second-order valence-electron chi connectivity index (χ2n) is 5.37. The van der Waals surface area contributed by atoms with Gasteiger partial charge in [-0.3, -0.25) is 10.1 Å². The molecule has 2 heterocycles. The number of aromatic nitrogens is 2. The van der Waals surface area contributed by atoms with Crippen molar-refractivity contribution in [1.29, 1.82) is 0 Å². The summed E-state index contributed by atoms with van der Waals surface area (Å²) in [6, 6.07) is 0. The molecule has 1 atom stereocenters. The van der Waals surface area contributed by atoms with Crippen molar-refractivity contribution < 1.29 is 9.66 Å². The number of nitrogens with zero attached hydrogens (tertiary/aromatic N) is 4. The number of nitrogens with one attached hydrogen (secondary N) is 1. The van der Waals surface area contributed by atoms with Gasteiger partial charge in [-0.15, -0.1) is 0 Å². The normalized spacial score (nSPS) is 22.1. The molecule has 116 valence electrons. The second-order valence-corrected chi connectivity index (χ2v) is 5.37. The van der Waals surface area contributed by atoms with Crippen molar-refractivity contribution in [2.45, 2.75) is 32.3 Å². The Hall–Kier alpha value is -1.96. The van der Waals surface area contributed by atoms with Crippen LogP contribution in [-0.2, 0) is 4.74 Å². The van der Waals surface area contributed by atoms with E-state index in [4.69, 9.17) is 4.74 Å². The molecule has 0 amide bonds. The van der Waals surface area contributed by atoms with Crippen molar-refractivity contribution in [1.82, 2.24) is 9.97 Å². The van der Waals surface area contributed by atoms with Crippen molar-refractivity contribution in [3.63, 3.8) is 0 Å². The van der Waals surface area contributed by atoms with E-state index < -0.39 is 4.92 Å². The van der Waals surface area contributed by atoms with Gasteiger partial charge >= 0.3 is 5.69 Å². The first-order chi connectivity index (χ1) is 9.99. The van der Waals surface area contributed by atoms with Gasteiger partial charge in [-0.1, -0.05) is 0 Å². The van der Waals surface area contributed by atoms with Gasteiger partial charge in [0.2, 0.25) is 11.8 Å². The van der Waals surface area contributed by atoms with Crippen LogP contribution >= 0.6 is 0 Å². The van der Waals surface area contributed by atoms with E-state index in [1.165, 1.54) is 6.20 Å². The summed E-state index contributed by atoms with van der Waals surface area (Å²) >= 11 is 0.